The number of halogens is 5. The Morgan fingerprint density at radius 3 is 1.94 bits per heavy atom. The molecule has 0 atom stereocenters. The van der Waals surface area contributed by atoms with Crippen LogP contribution >= 0.6 is 0 Å². The molecule has 0 fully saturated rings. The van der Waals surface area contributed by atoms with Crippen molar-refractivity contribution in [2.24, 2.45) is 0 Å². The van der Waals surface area contributed by atoms with Crippen molar-refractivity contribution in [2.75, 3.05) is 0 Å². The van der Waals surface area contributed by atoms with E-state index in [0.29, 0.717) is 0 Å². The van der Waals surface area contributed by atoms with Crippen LogP contribution in [0.25, 0.3) is 0 Å². The van der Waals surface area contributed by atoms with Gasteiger partial charge in [0.15, 0.2) is 0 Å². The van der Waals surface area contributed by atoms with E-state index in [1.54, 1.807) is 0 Å². The Morgan fingerprint density at radius 1 is 1.06 bits per heavy atom. The third-order valence-corrected chi connectivity index (χ3v) is 4.30. The van der Waals surface area contributed by atoms with Gasteiger partial charge in [0, 0.05) is 0 Å². The van der Waals surface area contributed by atoms with Gasteiger partial charge in [-0.2, -0.15) is 0 Å². The first-order chi connectivity index (χ1) is 8.40. The van der Waals surface area contributed by atoms with Crippen molar-refractivity contribution in [3.05, 3.63) is 47.3 Å². The molecule has 0 unspecified atom stereocenters. The van der Waals surface area contributed by atoms with Crippen molar-refractivity contribution in [1.29, 1.82) is 0 Å². The quantitative estimate of drug-likeness (QED) is 0.267. The van der Waals surface area contributed by atoms with Crippen LogP contribution in [0.3, 0.4) is 0 Å². The van der Waals surface area contributed by atoms with Gasteiger partial charge in [-0.3, -0.25) is 0 Å². The SMILES string of the molecule is C=CC(=O)[O][Sn][CH2]c1c(F)c(F)c(F)c(F)c1F. The summed E-state index contributed by atoms with van der Waals surface area (Å²) in [7, 11) is 0. The molecule has 18 heavy (non-hydrogen) atoms. The molecule has 1 rings (SSSR count). The maximum absolute atomic E-state index is 13.2. The van der Waals surface area contributed by atoms with E-state index in [9.17, 15) is 26.7 Å². The van der Waals surface area contributed by atoms with E-state index < -0.39 is 66.6 Å². The fourth-order valence-corrected chi connectivity index (χ4v) is 3.17. The Hall–Kier alpha value is -1.12. The monoisotopic (exact) mass is 372 g/mol. The zero-order valence-corrected chi connectivity index (χ0v) is 11.6. The van der Waals surface area contributed by atoms with Crippen LogP contribution in [-0.4, -0.2) is 27.5 Å². The van der Waals surface area contributed by atoms with E-state index in [0.717, 1.165) is 6.08 Å². The number of carbonyl (C=O) groups is 1. The van der Waals surface area contributed by atoms with Crippen LogP contribution in [0.1, 0.15) is 5.56 Å². The molecule has 0 spiro atoms. The first kappa shape index (κ1) is 14.9. The summed E-state index contributed by atoms with van der Waals surface area (Å²) < 4.78 is 68.7. The minimum atomic E-state index is -2.21. The normalized spacial score (nSPS) is 10.3. The number of rotatable bonds is 4. The first-order valence-corrected chi connectivity index (χ1v) is 7.64. The fraction of sp³-hybridized carbons (Fsp3) is 0.100. The summed E-state index contributed by atoms with van der Waals surface area (Å²) in [6.07, 6.45) is 0.847. The predicted molar refractivity (Wildman–Crippen MR) is 52.0 cm³/mol. The molecule has 0 aliphatic rings. The molecular formula is C10H5F5O2Sn. The molecule has 8 heteroatoms. The predicted octanol–water partition coefficient (Wildman–Crippen LogP) is 2.23. The van der Waals surface area contributed by atoms with Gasteiger partial charge in [-0.1, -0.05) is 0 Å². The molecule has 0 heterocycles. The second-order valence-electron chi connectivity index (χ2n) is 2.99. The van der Waals surface area contributed by atoms with Crippen molar-refractivity contribution in [3.63, 3.8) is 0 Å². The van der Waals surface area contributed by atoms with E-state index in [-0.39, 0.29) is 0 Å². The van der Waals surface area contributed by atoms with Crippen molar-refractivity contribution in [1.82, 2.24) is 0 Å². The molecule has 0 bridgehead atoms. The zero-order chi connectivity index (χ0) is 13.9. The van der Waals surface area contributed by atoms with Crippen LogP contribution in [-0.2, 0) is 12.3 Å². The van der Waals surface area contributed by atoms with Crippen molar-refractivity contribution >= 4 is 27.5 Å². The Morgan fingerprint density at radius 2 is 1.50 bits per heavy atom. The molecular weight excluding hydrogens is 366 g/mol. The molecule has 0 amide bonds. The van der Waals surface area contributed by atoms with Crippen LogP contribution < -0.4 is 0 Å². The number of benzene rings is 1. The summed E-state index contributed by atoms with van der Waals surface area (Å²) in [6.45, 7) is 3.10. The van der Waals surface area contributed by atoms with E-state index in [1.807, 2.05) is 0 Å². The maximum atomic E-state index is 13.2. The third-order valence-electron chi connectivity index (χ3n) is 1.89. The van der Waals surface area contributed by atoms with E-state index in [1.165, 1.54) is 0 Å². The summed E-state index contributed by atoms with van der Waals surface area (Å²) in [6, 6.07) is 0. The molecule has 0 saturated heterocycles. The molecule has 0 aliphatic carbocycles. The summed E-state index contributed by atoms with van der Waals surface area (Å²) >= 11 is -2.07. The average Bonchev–Trinajstić information content (AvgIpc) is 2.37. The molecule has 0 saturated carbocycles. The molecule has 2 radical (unpaired) electrons. The number of hydrogen-bond acceptors (Lipinski definition) is 2. The molecule has 0 aliphatic heterocycles. The molecule has 2 nitrogen and oxygen atoms in total. The van der Waals surface area contributed by atoms with Gasteiger partial charge in [-0.05, 0) is 0 Å². The van der Waals surface area contributed by atoms with Gasteiger partial charge in [0.2, 0.25) is 0 Å². The van der Waals surface area contributed by atoms with Gasteiger partial charge in [0.25, 0.3) is 0 Å². The molecule has 96 valence electrons. The van der Waals surface area contributed by atoms with Gasteiger partial charge >= 0.3 is 109 Å². The second-order valence-corrected chi connectivity index (χ2v) is 5.41. The zero-order valence-electron chi connectivity index (χ0n) is 8.70. The summed E-state index contributed by atoms with van der Waals surface area (Å²) in [5, 5.41) is 0. The van der Waals surface area contributed by atoms with Crippen LogP contribution in [0, 0.1) is 29.1 Å². The van der Waals surface area contributed by atoms with E-state index in [2.05, 4.69) is 9.65 Å². The van der Waals surface area contributed by atoms with Gasteiger partial charge in [0.1, 0.15) is 0 Å². The topological polar surface area (TPSA) is 26.3 Å². The van der Waals surface area contributed by atoms with E-state index >= 15 is 0 Å². The van der Waals surface area contributed by atoms with Crippen LogP contribution in [0.5, 0.6) is 0 Å². The van der Waals surface area contributed by atoms with Crippen molar-refractivity contribution < 1.29 is 29.8 Å². The van der Waals surface area contributed by atoms with Crippen LogP contribution in [0.4, 0.5) is 22.0 Å². The average molecular weight is 371 g/mol. The summed E-state index contributed by atoms with van der Waals surface area (Å²) in [4.78, 5) is 10.7. The van der Waals surface area contributed by atoms with Crippen LogP contribution in [0.2, 0.25) is 0 Å². The molecule has 1 aromatic rings. The minimum absolute atomic E-state index is 0.464. The van der Waals surface area contributed by atoms with Crippen LogP contribution in [0.15, 0.2) is 12.7 Å². The summed E-state index contributed by atoms with van der Waals surface area (Å²) in [5.74, 6) is -10.8. The third kappa shape index (κ3) is 3.01. The van der Waals surface area contributed by atoms with Crippen molar-refractivity contribution in [2.45, 2.75) is 4.44 Å². The van der Waals surface area contributed by atoms with Gasteiger partial charge < -0.3 is 0 Å². The fourth-order valence-electron chi connectivity index (χ4n) is 1.03. The molecule has 0 N–H and O–H groups in total. The Labute approximate surface area is 109 Å². The second kappa shape index (κ2) is 6.16. The Balaban J connectivity index is 2.96. The number of carbonyl (C=O) groups excluding carboxylic acids is 1. The Kier molecular flexibility index (Phi) is 5.12. The standard InChI is InChI=1S/C7H2F5.C3H4O2.Sn/c1-2-3(8)5(10)7(12)6(11)4(2)9;1-2-3(4)5;/h1H2;2H,1H2,(H,4,5);/q;;+1/p-1. The molecule has 1 aromatic carbocycles. The molecule has 0 aromatic heterocycles. The first-order valence-electron chi connectivity index (χ1n) is 4.46. The number of hydrogen-bond donors (Lipinski definition) is 0. The summed E-state index contributed by atoms with van der Waals surface area (Å²) in [5.41, 5.74) is -0.949. The van der Waals surface area contributed by atoms with E-state index in [4.69, 9.17) is 0 Å². The van der Waals surface area contributed by atoms with Gasteiger partial charge in [-0.25, -0.2) is 0 Å². The van der Waals surface area contributed by atoms with Gasteiger partial charge in [-0.15, -0.1) is 0 Å². The Bertz CT molecular complexity index is 475. The van der Waals surface area contributed by atoms with Gasteiger partial charge in [0.05, 0.1) is 0 Å². The van der Waals surface area contributed by atoms with Crippen molar-refractivity contribution in [3.8, 4) is 0 Å².